The summed E-state index contributed by atoms with van der Waals surface area (Å²) in [7, 11) is 0. The van der Waals surface area contributed by atoms with Crippen molar-refractivity contribution in [2.24, 2.45) is 0 Å². The molecule has 2 N–H and O–H groups in total. The molecule has 1 saturated heterocycles. The van der Waals surface area contributed by atoms with Crippen molar-refractivity contribution in [2.75, 3.05) is 17.2 Å². The zero-order valence-electron chi connectivity index (χ0n) is 11.3. The molecule has 0 spiro atoms. The van der Waals surface area contributed by atoms with Gasteiger partial charge in [0.05, 0.1) is 10.9 Å². The molecule has 0 aromatic carbocycles. The Kier molecular flexibility index (Phi) is 4.23. The topological polar surface area (TPSA) is 77.8 Å². The van der Waals surface area contributed by atoms with Crippen molar-refractivity contribution < 1.29 is 4.52 Å². The van der Waals surface area contributed by atoms with Crippen LogP contribution in [0.4, 0.5) is 5.13 Å². The van der Waals surface area contributed by atoms with Crippen LogP contribution in [0.25, 0.3) is 10.8 Å². The van der Waals surface area contributed by atoms with Crippen LogP contribution in [0.3, 0.4) is 0 Å². The standard InChI is InChI=1S/C12H16N4OS3/c1-3-7-9(19-5-4-18-7)10-15-11(17-16-10)8-6(2)14-12(13)20-8/h7,9H,3-5H2,1-2H3,(H2,13,14). The zero-order chi connectivity index (χ0) is 14.1. The average molecular weight is 328 g/mol. The van der Waals surface area contributed by atoms with Crippen LogP contribution in [-0.2, 0) is 0 Å². The molecule has 0 radical (unpaired) electrons. The number of nitrogen functional groups attached to an aromatic ring is 1. The first-order chi connectivity index (χ1) is 9.69. The quantitative estimate of drug-likeness (QED) is 0.925. The maximum atomic E-state index is 5.72. The third-order valence-corrected chi connectivity index (χ3v) is 7.37. The van der Waals surface area contributed by atoms with Crippen LogP contribution in [0.2, 0.25) is 0 Å². The van der Waals surface area contributed by atoms with E-state index in [-0.39, 0.29) is 0 Å². The number of anilines is 1. The van der Waals surface area contributed by atoms with Gasteiger partial charge in [0, 0.05) is 16.8 Å². The van der Waals surface area contributed by atoms with E-state index in [4.69, 9.17) is 10.3 Å². The van der Waals surface area contributed by atoms with Gasteiger partial charge in [-0.05, 0) is 13.3 Å². The van der Waals surface area contributed by atoms with E-state index in [0.717, 1.165) is 28.6 Å². The minimum atomic E-state index is 0.321. The van der Waals surface area contributed by atoms with Crippen LogP contribution in [0.5, 0.6) is 0 Å². The Bertz CT molecular complexity index is 597. The van der Waals surface area contributed by atoms with Gasteiger partial charge in [-0.3, -0.25) is 0 Å². The van der Waals surface area contributed by atoms with Crippen molar-refractivity contribution in [1.82, 2.24) is 15.1 Å². The molecule has 8 heteroatoms. The van der Waals surface area contributed by atoms with Gasteiger partial charge in [-0.2, -0.15) is 16.7 Å². The summed E-state index contributed by atoms with van der Waals surface area (Å²) in [6.45, 7) is 4.12. The van der Waals surface area contributed by atoms with Crippen LogP contribution >= 0.6 is 34.9 Å². The zero-order valence-corrected chi connectivity index (χ0v) is 13.8. The largest absolute Gasteiger partial charge is 0.375 e. The minimum Gasteiger partial charge on any atom is -0.375 e. The Morgan fingerprint density at radius 3 is 2.80 bits per heavy atom. The minimum absolute atomic E-state index is 0.321. The lowest BCUT2D eigenvalue weighted by Gasteiger charge is -2.27. The fourth-order valence-electron chi connectivity index (χ4n) is 2.20. The highest BCUT2D eigenvalue weighted by Crippen LogP contribution is 2.43. The molecule has 3 heterocycles. The molecule has 108 valence electrons. The monoisotopic (exact) mass is 328 g/mol. The molecule has 0 amide bonds. The summed E-state index contributed by atoms with van der Waals surface area (Å²) in [4.78, 5) is 9.66. The average Bonchev–Trinajstić information content (AvgIpc) is 3.05. The molecule has 2 atom stereocenters. The molecule has 0 saturated carbocycles. The number of hydrogen-bond donors (Lipinski definition) is 1. The lowest BCUT2D eigenvalue weighted by atomic mass is 10.2. The van der Waals surface area contributed by atoms with Crippen molar-refractivity contribution >= 4 is 40.0 Å². The smallest absolute Gasteiger partial charge is 0.270 e. The normalized spacial score (nSPS) is 23.1. The van der Waals surface area contributed by atoms with Crippen LogP contribution in [0, 0.1) is 6.92 Å². The Hall–Kier alpha value is -0.730. The van der Waals surface area contributed by atoms with Gasteiger partial charge in [0.25, 0.3) is 5.89 Å². The highest BCUT2D eigenvalue weighted by atomic mass is 32.2. The van der Waals surface area contributed by atoms with E-state index in [9.17, 15) is 0 Å². The predicted molar refractivity (Wildman–Crippen MR) is 86.3 cm³/mol. The van der Waals surface area contributed by atoms with Gasteiger partial charge < -0.3 is 10.3 Å². The number of aryl methyl sites for hydroxylation is 1. The molecule has 1 aliphatic heterocycles. The number of thiazole rings is 1. The van der Waals surface area contributed by atoms with E-state index in [1.807, 2.05) is 30.4 Å². The van der Waals surface area contributed by atoms with Crippen LogP contribution < -0.4 is 5.73 Å². The van der Waals surface area contributed by atoms with E-state index in [1.54, 1.807) is 0 Å². The molecule has 2 aromatic rings. The molecule has 5 nitrogen and oxygen atoms in total. The van der Waals surface area contributed by atoms with E-state index in [2.05, 4.69) is 22.0 Å². The van der Waals surface area contributed by atoms with Gasteiger partial charge in [-0.25, -0.2) is 4.98 Å². The summed E-state index contributed by atoms with van der Waals surface area (Å²) in [5, 5.41) is 5.60. The second-order valence-corrected chi connectivity index (χ2v) is 8.16. The lowest BCUT2D eigenvalue weighted by Crippen LogP contribution is -2.19. The predicted octanol–water partition coefficient (Wildman–Crippen LogP) is 3.38. The second kappa shape index (κ2) is 5.95. The van der Waals surface area contributed by atoms with Gasteiger partial charge in [0.1, 0.15) is 4.88 Å². The third kappa shape index (κ3) is 2.68. The van der Waals surface area contributed by atoms with Crippen molar-refractivity contribution in [3.8, 4) is 10.8 Å². The fourth-order valence-corrected chi connectivity index (χ4v) is 5.94. The van der Waals surface area contributed by atoms with E-state index in [0.29, 0.717) is 21.5 Å². The Morgan fingerprint density at radius 1 is 1.30 bits per heavy atom. The molecule has 1 aliphatic rings. The number of nitrogens with zero attached hydrogens (tertiary/aromatic N) is 3. The van der Waals surface area contributed by atoms with Gasteiger partial charge >= 0.3 is 0 Å². The van der Waals surface area contributed by atoms with Crippen LogP contribution in [-0.4, -0.2) is 31.9 Å². The van der Waals surface area contributed by atoms with Gasteiger partial charge in [-0.1, -0.05) is 23.4 Å². The first-order valence-corrected chi connectivity index (χ1v) is 9.40. The third-order valence-electron chi connectivity index (χ3n) is 3.16. The first kappa shape index (κ1) is 14.2. The number of nitrogens with two attached hydrogens (primary N) is 1. The highest BCUT2D eigenvalue weighted by molar-refractivity contribution is 8.06. The molecule has 1 fully saturated rings. The summed E-state index contributed by atoms with van der Waals surface area (Å²) in [5.41, 5.74) is 6.57. The van der Waals surface area contributed by atoms with E-state index in [1.165, 1.54) is 17.1 Å². The maximum absolute atomic E-state index is 5.72. The molecule has 3 rings (SSSR count). The summed E-state index contributed by atoms with van der Waals surface area (Å²) in [6.07, 6.45) is 1.12. The Morgan fingerprint density at radius 2 is 2.10 bits per heavy atom. The highest BCUT2D eigenvalue weighted by Gasteiger charge is 2.31. The second-order valence-electron chi connectivity index (χ2n) is 4.53. The number of rotatable bonds is 3. The number of hydrogen-bond acceptors (Lipinski definition) is 8. The van der Waals surface area contributed by atoms with Gasteiger partial charge in [-0.15, -0.1) is 11.8 Å². The van der Waals surface area contributed by atoms with Crippen LogP contribution in [0.1, 0.15) is 30.1 Å². The van der Waals surface area contributed by atoms with Crippen molar-refractivity contribution in [1.29, 1.82) is 0 Å². The lowest BCUT2D eigenvalue weighted by molar-refractivity contribution is 0.422. The fraction of sp³-hybridized carbons (Fsp3) is 0.583. The molecule has 2 unspecified atom stereocenters. The summed E-state index contributed by atoms with van der Waals surface area (Å²) >= 11 is 5.32. The summed E-state index contributed by atoms with van der Waals surface area (Å²) < 4.78 is 5.42. The Labute approximate surface area is 130 Å². The molecule has 2 aromatic heterocycles. The first-order valence-electron chi connectivity index (χ1n) is 6.49. The number of thioether (sulfide) groups is 2. The maximum Gasteiger partial charge on any atom is 0.270 e. The molecular weight excluding hydrogens is 312 g/mol. The Balaban J connectivity index is 1.88. The summed E-state index contributed by atoms with van der Waals surface area (Å²) in [6, 6.07) is 0. The van der Waals surface area contributed by atoms with Crippen LogP contribution in [0.15, 0.2) is 4.52 Å². The van der Waals surface area contributed by atoms with E-state index >= 15 is 0 Å². The SMILES string of the molecule is CCC1SCCSC1c1noc(-c2sc(N)nc2C)n1. The summed E-state index contributed by atoms with van der Waals surface area (Å²) in [5.74, 6) is 3.69. The van der Waals surface area contributed by atoms with Gasteiger partial charge in [0.15, 0.2) is 11.0 Å². The molecule has 0 bridgehead atoms. The number of aromatic nitrogens is 3. The van der Waals surface area contributed by atoms with Crippen molar-refractivity contribution in [2.45, 2.75) is 30.8 Å². The van der Waals surface area contributed by atoms with E-state index < -0.39 is 0 Å². The molecule has 20 heavy (non-hydrogen) atoms. The van der Waals surface area contributed by atoms with Crippen molar-refractivity contribution in [3.63, 3.8) is 0 Å². The van der Waals surface area contributed by atoms with Crippen molar-refractivity contribution in [3.05, 3.63) is 11.5 Å². The van der Waals surface area contributed by atoms with Gasteiger partial charge in [0.2, 0.25) is 0 Å². The molecule has 0 aliphatic carbocycles. The molecular formula is C12H16N4OS3.